The van der Waals surface area contributed by atoms with Crippen molar-refractivity contribution in [2.24, 2.45) is 5.41 Å². The van der Waals surface area contributed by atoms with Crippen LogP contribution in [-0.4, -0.2) is 12.6 Å². The van der Waals surface area contributed by atoms with Crippen LogP contribution in [0.1, 0.15) is 53.9 Å². The average Bonchev–Trinajstić information content (AvgIpc) is 1.95. The first kappa shape index (κ1) is 12.0. The van der Waals surface area contributed by atoms with Crippen molar-refractivity contribution in [2.45, 2.75) is 59.9 Å². The monoisotopic (exact) mass is 171 g/mol. The molecule has 0 aliphatic heterocycles. The molecule has 0 heterocycles. The molecule has 0 saturated heterocycles. The van der Waals surface area contributed by atoms with E-state index in [-0.39, 0.29) is 0 Å². The van der Waals surface area contributed by atoms with Crippen LogP contribution in [0.3, 0.4) is 0 Å². The first-order chi connectivity index (χ1) is 5.52. The van der Waals surface area contributed by atoms with E-state index in [0.717, 1.165) is 0 Å². The summed E-state index contributed by atoms with van der Waals surface area (Å²) in [6.07, 6.45) is 3.81. The van der Waals surface area contributed by atoms with Gasteiger partial charge < -0.3 is 5.32 Å². The molecule has 0 aliphatic carbocycles. The molecule has 0 fully saturated rings. The summed E-state index contributed by atoms with van der Waals surface area (Å²) >= 11 is 0. The molecule has 74 valence electrons. The maximum Gasteiger partial charge on any atom is 0.0113 e. The molecule has 0 saturated carbocycles. The fraction of sp³-hybridized carbons (Fsp3) is 1.00. The van der Waals surface area contributed by atoms with Gasteiger partial charge in [-0.1, -0.05) is 41.0 Å². The van der Waals surface area contributed by atoms with Gasteiger partial charge in [0.15, 0.2) is 0 Å². The number of hydrogen-bond acceptors (Lipinski definition) is 1. The van der Waals surface area contributed by atoms with E-state index >= 15 is 0 Å². The van der Waals surface area contributed by atoms with Crippen LogP contribution in [0.25, 0.3) is 0 Å². The molecular formula is C11H25N. The molecule has 0 aromatic heterocycles. The third-order valence-corrected chi connectivity index (χ3v) is 2.37. The van der Waals surface area contributed by atoms with Crippen molar-refractivity contribution in [1.82, 2.24) is 5.32 Å². The van der Waals surface area contributed by atoms with E-state index in [1.54, 1.807) is 0 Å². The summed E-state index contributed by atoms with van der Waals surface area (Å²) in [4.78, 5) is 0. The smallest absolute Gasteiger partial charge is 0.0113 e. The molecule has 12 heavy (non-hydrogen) atoms. The highest BCUT2D eigenvalue weighted by Gasteiger charge is 2.21. The summed E-state index contributed by atoms with van der Waals surface area (Å²) < 4.78 is 0. The van der Waals surface area contributed by atoms with E-state index in [2.05, 4.69) is 39.9 Å². The minimum atomic E-state index is 0.405. The van der Waals surface area contributed by atoms with Gasteiger partial charge in [0.25, 0.3) is 0 Å². The number of rotatable bonds is 5. The molecule has 0 rings (SSSR count). The zero-order valence-corrected chi connectivity index (χ0v) is 9.41. The van der Waals surface area contributed by atoms with E-state index in [9.17, 15) is 0 Å². The lowest BCUT2D eigenvalue weighted by Crippen LogP contribution is -2.40. The van der Waals surface area contributed by atoms with E-state index in [4.69, 9.17) is 0 Å². The van der Waals surface area contributed by atoms with Crippen LogP contribution in [0.4, 0.5) is 0 Å². The van der Waals surface area contributed by atoms with Gasteiger partial charge in [-0.2, -0.15) is 0 Å². The fourth-order valence-electron chi connectivity index (χ4n) is 1.52. The average molecular weight is 171 g/mol. The SMILES string of the molecule is CCCCNC(CC)C(C)(C)C. The minimum absolute atomic E-state index is 0.405. The molecular weight excluding hydrogens is 146 g/mol. The summed E-state index contributed by atoms with van der Waals surface area (Å²) in [5.41, 5.74) is 0.405. The molecule has 0 bridgehead atoms. The maximum atomic E-state index is 3.61. The topological polar surface area (TPSA) is 12.0 Å². The lowest BCUT2D eigenvalue weighted by molar-refractivity contribution is 0.261. The maximum absolute atomic E-state index is 3.61. The second kappa shape index (κ2) is 5.58. The van der Waals surface area contributed by atoms with E-state index in [1.165, 1.54) is 25.8 Å². The molecule has 1 unspecified atom stereocenters. The zero-order chi connectivity index (χ0) is 9.61. The van der Waals surface area contributed by atoms with E-state index in [1.807, 2.05) is 0 Å². The Morgan fingerprint density at radius 3 is 2.08 bits per heavy atom. The van der Waals surface area contributed by atoms with Gasteiger partial charge in [-0.3, -0.25) is 0 Å². The van der Waals surface area contributed by atoms with Crippen molar-refractivity contribution >= 4 is 0 Å². The quantitative estimate of drug-likeness (QED) is 0.626. The molecule has 0 aromatic rings. The van der Waals surface area contributed by atoms with Crippen LogP contribution in [0.2, 0.25) is 0 Å². The lowest BCUT2D eigenvalue weighted by Gasteiger charge is -2.30. The Balaban J connectivity index is 3.68. The molecule has 0 spiro atoms. The predicted octanol–water partition coefficient (Wildman–Crippen LogP) is 3.20. The van der Waals surface area contributed by atoms with Crippen LogP contribution in [0, 0.1) is 5.41 Å². The summed E-state index contributed by atoms with van der Waals surface area (Å²) in [5.74, 6) is 0. The van der Waals surface area contributed by atoms with Gasteiger partial charge >= 0.3 is 0 Å². The molecule has 1 heteroatoms. The normalized spacial score (nSPS) is 14.8. The summed E-state index contributed by atoms with van der Waals surface area (Å²) in [7, 11) is 0. The van der Waals surface area contributed by atoms with Crippen molar-refractivity contribution in [3.8, 4) is 0 Å². The van der Waals surface area contributed by atoms with E-state index in [0.29, 0.717) is 11.5 Å². The number of hydrogen-bond donors (Lipinski definition) is 1. The third-order valence-electron chi connectivity index (χ3n) is 2.37. The Hall–Kier alpha value is -0.0400. The summed E-state index contributed by atoms with van der Waals surface area (Å²) in [5, 5.41) is 3.61. The van der Waals surface area contributed by atoms with Gasteiger partial charge in [0.05, 0.1) is 0 Å². The molecule has 0 aliphatic rings. The highest BCUT2D eigenvalue weighted by molar-refractivity contribution is 4.78. The van der Waals surface area contributed by atoms with Crippen molar-refractivity contribution in [1.29, 1.82) is 0 Å². The Morgan fingerprint density at radius 1 is 1.17 bits per heavy atom. The molecule has 0 radical (unpaired) electrons. The second-order valence-electron chi connectivity index (χ2n) is 4.63. The first-order valence-corrected chi connectivity index (χ1v) is 5.25. The molecule has 1 nitrogen and oxygen atoms in total. The van der Waals surface area contributed by atoms with Crippen molar-refractivity contribution in [3.63, 3.8) is 0 Å². The standard InChI is InChI=1S/C11H25N/c1-6-8-9-12-10(7-2)11(3,4)5/h10,12H,6-9H2,1-5H3. The van der Waals surface area contributed by atoms with Crippen LogP contribution in [-0.2, 0) is 0 Å². The van der Waals surface area contributed by atoms with Crippen LogP contribution in [0.5, 0.6) is 0 Å². The first-order valence-electron chi connectivity index (χ1n) is 5.25. The highest BCUT2D eigenvalue weighted by atomic mass is 14.9. The van der Waals surface area contributed by atoms with Gasteiger partial charge in [-0.15, -0.1) is 0 Å². The van der Waals surface area contributed by atoms with Crippen LogP contribution in [0.15, 0.2) is 0 Å². The van der Waals surface area contributed by atoms with Crippen molar-refractivity contribution < 1.29 is 0 Å². The zero-order valence-electron chi connectivity index (χ0n) is 9.41. The lowest BCUT2D eigenvalue weighted by atomic mass is 9.85. The fourth-order valence-corrected chi connectivity index (χ4v) is 1.52. The molecule has 0 amide bonds. The Labute approximate surface area is 77.9 Å². The third kappa shape index (κ3) is 4.76. The van der Waals surface area contributed by atoms with Gasteiger partial charge in [-0.05, 0) is 24.8 Å². The highest BCUT2D eigenvalue weighted by Crippen LogP contribution is 2.21. The van der Waals surface area contributed by atoms with Gasteiger partial charge in [0.1, 0.15) is 0 Å². The Kier molecular flexibility index (Phi) is 5.56. The largest absolute Gasteiger partial charge is 0.313 e. The predicted molar refractivity (Wildman–Crippen MR) is 56.4 cm³/mol. The Bertz CT molecular complexity index is 102. The van der Waals surface area contributed by atoms with Crippen LogP contribution < -0.4 is 5.32 Å². The van der Waals surface area contributed by atoms with Gasteiger partial charge in [0.2, 0.25) is 0 Å². The molecule has 0 aromatic carbocycles. The molecule has 1 atom stereocenters. The summed E-state index contributed by atoms with van der Waals surface area (Å²) in [6, 6.07) is 0.670. The number of nitrogens with one attached hydrogen (secondary N) is 1. The van der Waals surface area contributed by atoms with E-state index < -0.39 is 0 Å². The number of unbranched alkanes of at least 4 members (excludes halogenated alkanes) is 1. The van der Waals surface area contributed by atoms with Crippen molar-refractivity contribution in [2.75, 3.05) is 6.54 Å². The molecule has 1 N–H and O–H groups in total. The second-order valence-corrected chi connectivity index (χ2v) is 4.63. The summed E-state index contributed by atoms with van der Waals surface area (Å²) in [6.45, 7) is 12.6. The Morgan fingerprint density at radius 2 is 1.75 bits per heavy atom. The van der Waals surface area contributed by atoms with Gasteiger partial charge in [0, 0.05) is 6.04 Å². The van der Waals surface area contributed by atoms with Gasteiger partial charge in [-0.25, -0.2) is 0 Å². The van der Waals surface area contributed by atoms with Crippen LogP contribution >= 0.6 is 0 Å². The van der Waals surface area contributed by atoms with Crippen molar-refractivity contribution in [3.05, 3.63) is 0 Å². The minimum Gasteiger partial charge on any atom is -0.313 e.